The summed E-state index contributed by atoms with van der Waals surface area (Å²) in [4.78, 5) is 39.8. The number of rotatable bonds is 5. The molecule has 0 radical (unpaired) electrons. The van der Waals surface area contributed by atoms with Crippen LogP contribution >= 0.6 is 11.6 Å². The molecule has 166 valence electrons. The summed E-state index contributed by atoms with van der Waals surface area (Å²) in [5.41, 5.74) is 2.28. The van der Waals surface area contributed by atoms with E-state index < -0.39 is 0 Å². The maximum absolute atomic E-state index is 13.0. The van der Waals surface area contributed by atoms with Gasteiger partial charge in [0.05, 0.1) is 18.6 Å². The number of nitrogens with zero attached hydrogens (tertiary/aromatic N) is 3. The first-order valence-corrected chi connectivity index (χ1v) is 11.2. The van der Waals surface area contributed by atoms with Crippen molar-refractivity contribution in [2.45, 2.75) is 18.8 Å². The monoisotopic (exact) mass is 453 g/mol. The zero-order valence-corrected chi connectivity index (χ0v) is 18.3. The third-order valence-electron chi connectivity index (χ3n) is 6.17. The molecular formula is C23H24ClN5O3. The highest BCUT2D eigenvalue weighted by Crippen LogP contribution is 2.35. The van der Waals surface area contributed by atoms with E-state index in [-0.39, 0.29) is 17.3 Å². The summed E-state index contributed by atoms with van der Waals surface area (Å²) in [6.07, 6.45) is 2.49. The quantitative estimate of drug-likeness (QED) is 0.612. The molecule has 1 aromatic carbocycles. The van der Waals surface area contributed by atoms with Crippen LogP contribution in [0.4, 0.5) is 5.95 Å². The van der Waals surface area contributed by atoms with E-state index in [9.17, 15) is 9.59 Å². The Morgan fingerprint density at radius 3 is 2.88 bits per heavy atom. The zero-order chi connectivity index (χ0) is 22.1. The lowest BCUT2D eigenvalue weighted by Crippen LogP contribution is -2.39. The third kappa shape index (κ3) is 4.26. The van der Waals surface area contributed by atoms with Gasteiger partial charge < -0.3 is 10.1 Å². The Hall–Kier alpha value is -2.81. The predicted octanol–water partition coefficient (Wildman–Crippen LogP) is 2.63. The minimum absolute atomic E-state index is 0.0160. The highest BCUT2D eigenvalue weighted by Gasteiger charge is 2.29. The molecule has 1 aliphatic heterocycles. The minimum Gasteiger partial charge on any atom is -0.379 e. The maximum atomic E-state index is 13.0. The van der Waals surface area contributed by atoms with Crippen LogP contribution in [0.1, 0.15) is 33.8 Å². The first kappa shape index (κ1) is 21.1. The van der Waals surface area contributed by atoms with Crippen molar-refractivity contribution in [2.75, 3.05) is 44.7 Å². The van der Waals surface area contributed by atoms with Gasteiger partial charge in [-0.05, 0) is 35.6 Å². The molecule has 1 fully saturated rings. The molecule has 3 heterocycles. The Bertz CT molecular complexity index is 1220. The number of carbonyl (C=O) groups excluding carboxylic acids is 1. The van der Waals surface area contributed by atoms with Crippen LogP contribution in [0, 0.1) is 0 Å². The second-order valence-electron chi connectivity index (χ2n) is 8.23. The van der Waals surface area contributed by atoms with E-state index in [0.717, 1.165) is 38.4 Å². The van der Waals surface area contributed by atoms with Crippen molar-refractivity contribution >= 4 is 34.4 Å². The number of anilines is 1. The number of nitrogens with one attached hydrogen (secondary N) is 2. The number of morpholine rings is 1. The number of halogens is 1. The fraction of sp³-hybridized carbons (Fsp3) is 0.391. The number of ether oxygens (including phenoxy) is 1. The van der Waals surface area contributed by atoms with Crippen LogP contribution in [0.3, 0.4) is 0 Å². The van der Waals surface area contributed by atoms with Crippen molar-refractivity contribution in [3.05, 3.63) is 62.5 Å². The van der Waals surface area contributed by atoms with Crippen molar-refractivity contribution in [2.24, 2.45) is 0 Å². The summed E-state index contributed by atoms with van der Waals surface area (Å²) in [5.74, 6) is 0.333. The van der Waals surface area contributed by atoms with Crippen LogP contribution < -0.4 is 10.9 Å². The van der Waals surface area contributed by atoms with Crippen LogP contribution in [0.5, 0.6) is 0 Å². The number of carbonyl (C=O) groups is 1. The molecule has 1 saturated heterocycles. The van der Waals surface area contributed by atoms with Crippen LogP contribution in [-0.4, -0.2) is 65.0 Å². The maximum Gasteiger partial charge on any atom is 0.262 e. The summed E-state index contributed by atoms with van der Waals surface area (Å²) in [7, 11) is 0. The molecule has 0 unspecified atom stereocenters. The van der Waals surface area contributed by atoms with Crippen LogP contribution in [0.15, 0.2) is 35.3 Å². The lowest BCUT2D eigenvalue weighted by Gasteiger charge is -2.26. The summed E-state index contributed by atoms with van der Waals surface area (Å²) < 4.78 is 5.36. The molecule has 2 aliphatic rings. The van der Waals surface area contributed by atoms with Crippen molar-refractivity contribution in [3.8, 4) is 0 Å². The molecule has 0 spiro atoms. The first-order chi connectivity index (χ1) is 15.6. The summed E-state index contributed by atoms with van der Waals surface area (Å²) in [5, 5.41) is 4.21. The van der Waals surface area contributed by atoms with Gasteiger partial charge >= 0.3 is 0 Å². The molecular weight excluding hydrogens is 430 g/mol. The second kappa shape index (κ2) is 8.97. The molecule has 0 saturated carbocycles. The van der Waals surface area contributed by atoms with E-state index in [1.54, 1.807) is 6.20 Å². The number of Topliss-reactive ketones (excluding diaryl/α,β-unsaturated/α-hetero) is 1. The first-order valence-electron chi connectivity index (χ1n) is 10.8. The molecule has 2 N–H and O–H groups in total. The van der Waals surface area contributed by atoms with E-state index in [0.29, 0.717) is 52.5 Å². The number of benzene rings is 1. The van der Waals surface area contributed by atoms with Crippen LogP contribution in [0.2, 0.25) is 5.02 Å². The molecule has 1 aliphatic carbocycles. The molecule has 2 aromatic heterocycles. The fourth-order valence-corrected chi connectivity index (χ4v) is 4.71. The summed E-state index contributed by atoms with van der Waals surface area (Å²) >= 11 is 6.15. The zero-order valence-electron chi connectivity index (χ0n) is 17.6. The SMILES string of the molecule is O=C1C[C@H](c2cccc(Cl)c2)Cc2c1cnc1nc(NCCN3CCOCC3)[nH]c(=O)c21. The van der Waals surface area contributed by atoms with Gasteiger partial charge in [-0.1, -0.05) is 23.7 Å². The van der Waals surface area contributed by atoms with Crippen molar-refractivity contribution < 1.29 is 9.53 Å². The van der Waals surface area contributed by atoms with E-state index >= 15 is 0 Å². The van der Waals surface area contributed by atoms with Gasteiger partial charge in [-0.3, -0.25) is 19.5 Å². The van der Waals surface area contributed by atoms with Crippen molar-refractivity contribution in [3.63, 3.8) is 0 Å². The largest absolute Gasteiger partial charge is 0.379 e. The van der Waals surface area contributed by atoms with Crippen molar-refractivity contribution in [1.29, 1.82) is 0 Å². The number of pyridine rings is 1. The molecule has 1 atom stereocenters. The van der Waals surface area contributed by atoms with Gasteiger partial charge in [0.15, 0.2) is 11.4 Å². The molecule has 3 aromatic rings. The van der Waals surface area contributed by atoms with Gasteiger partial charge in [0.2, 0.25) is 5.95 Å². The topological polar surface area (TPSA) is 100 Å². The molecule has 32 heavy (non-hydrogen) atoms. The van der Waals surface area contributed by atoms with Crippen molar-refractivity contribution in [1.82, 2.24) is 19.9 Å². The van der Waals surface area contributed by atoms with Gasteiger partial charge in [0, 0.05) is 49.4 Å². The fourth-order valence-electron chi connectivity index (χ4n) is 4.51. The minimum atomic E-state index is -0.284. The van der Waals surface area contributed by atoms with E-state index in [2.05, 4.69) is 25.2 Å². The van der Waals surface area contributed by atoms with Gasteiger partial charge in [-0.15, -0.1) is 0 Å². The van der Waals surface area contributed by atoms with E-state index in [1.165, 1.54) is 0 Å². The molecule has 9 heteroatoms. The average molecular weight is 454 g/mol. The Balaban J connectivity index is 1.41. The average Bonchev–Trinajstić information content (AvgIpc) is 2.79. The third-order valence-corrected chi connectivity index (χ3v) is 6.41. The standard InChI is InChI=1S/C23H24ClN5O3/c24-16-3-1-2-14(10-16)15-11-17-18(19(30)12-15)13-26-21-20(17)22(31)28-23(27-21)25-4-5-29-6-8-32-9-7-29/h1-3,10,13,15H,4-9,11-12H2,(H2,25,26,27,28,31)/t15-/m1/s1. The van der Waals surface area contributed by atoms with Gasteiger partial charge in [0.1, 0.15) is 0 Å². The smallest absolute Gasteiger partial charge is 0.262 e. The predicted molar refractivity (Wildman–Crippen MR) is 123 cm³/mol. The Morgan fingerprint density at radius 2 is 2.06 bits per heavy atom. The number of hydrogen-bond donors (Lipinski definition) is 2. The van der Waals surface area contributed by atoms with Gasteiger partial charge in [-0.2, -0.15) is 4.98 Å². The highest BCUT2D eigenvalue weighted by molar-refractivity contribution is 6.30. The Kier molecular flexibility index (Phi) is 5.91. The second-order valence-corrected chi connectivity index (χ2v) is 8.66. The van der Waals surface area contributed by atoms with Crippen LogP contribution in [-0.2, 0) is 11.2 Å². The Morgan fingerprint density at radius 1 is 1.22 bits per heavy atom. The van der Waals surface area contributed by atoms with Gasteiger partial charge in [-0.25, -0.2) is 4.98 Å². The van der Waals surface area contributed by atoms with E-state index in [4.69, 9.17) is 16.3 Å². The molecule has 5 rings (SSSR count). The number of hydrogen-bond acceptors (Lipinski definition) is 7. The molecule has 0 amide bonds. The number of ketones is 1. The summed E-state index contributed by atoms with van der Waals surface area (Å²) in [6.45, 7) is 4.77. The van der Waals surface area contributed by atoms with Crippen LogP contribution in [0.25, 0.3) is 11.0 Å². The Labute approximate surface area is 190 Å². The lowest BCUT2D eigenvalue weighted by molar-refractivity contribution is 0.0398. The molecule has 0 bridgehead atoms. The molecule has 8 nitrogen and oxygen atoms in total. The number of aromatic nitrogens is 3. The normalized spacial score (nSPS) is 19.2. The number of H-pyrrole nitrogens is 1. The lowest BCUT2D eigenvalue weighted by atomic mass is 9.79. The van der Waals surface area contributed by atoms with Gasteiger partial charge in [0.25, 0.3) is 5.56 Å². The summed E-state index contributed by atoms with van der Waals surface area (Å²) in [6, 6.07) is 7.54. The highest BCUT2D eigenvalue weighted by atomic mass is 35.5. The number of aromatic amines is 1. The number of fused-ring (bicyclic) bond motifs is 3. The van der Waals surface area contributed by atoms with E-state index in [1.807, 2.05) is 24.3 Å².